The number of nitrogens with one attached hydrogen (secondary N) is 1. The van der Waals surface area contributed by atoms with Gasteiger partial charge in [-0.3, -0.25) is 4.79 Å². The molecule has 0 aromatic heterocycles. The largest absolute Gasteiger partial charge is 0.396 e. The summed E-state index contributed by atoms with van der Waals surface area (Å²) in [6.45, 7) is 1.08. The standard InChI is InChI=1S/C16H31NO2/c18-14-7-2-1-6-13-17-16(19)12-8-11-15-9-4-3-5-10-15/h15,18H,1-14H2,(H,17,19). The van der Waals surface area contributed by atoms with Crippen LogP contribution >= 0.6 is 0 Å². The average Bonchev–Trinajstić information content (AvgIpc) is 2.44. The zero-order valence-corrected chi connectivity index (χ0v) is 12.3. The second-order valence-corrected chi connectivity index (χ2v) is 5.88. The molecule has 2 N–H and O–H groups in total. The van der Waals surface area contributed by atoms with Crippen LogP contribution in [0.4, 0.5) is 0 Å². The van der Waals surface area contributed by atoms with E-state index in [1.165, 1.54) is 38.5 Å². The summed E-state index contributed by atoms with van der Waals surface area (Å²) in [4.78, 5) is 11.6. The summed E-state index contributed by atoms with van der Waals surface area (Å²) in [6, 6.07) is 0. The van der Waals surface area contributed by atoms with E-state index in [1.54, 1.807) is 0 Å². The Hall–Kier alpha value is -0.570. The number of aliphatic hydroxyl groups excluding tert-OH is 1. The Labute approximate surface area is 118 Å². The highest BCUT2D eigenvalue weighted by molar-refractivity contribution is 5.75. The van der Waals surface area contributed by atoms with E-state index < -0.39 is 0 Å². The first-order valence-electron chi connectivity index (χ1n) is 8.20. The Bertz CT molecular complexity index is 225. The summed E-state index contributed by atoms with van der Waals surface area (Å²) in [5.74, 6) is 1.11. The van der Waals surface area contributed by atoms with Crippen LogP contribution in [-0.4, -0.2) is 24.2 Å². The number of carbonyl (C=O) groups excluding carboxylic acids is 1. The van der Waals surface area contributed by atoms with Crippen LogP contribution < -0.4 is 5.32 Å². The van der Waals surface area contributed by atoms with Crippen molar-refractivity contribution >= 4 is 5.91 Å². The Balaban J connectivity index is 1.87. The highest BCUT2D eigenvalue weighted by Crippen LogP contribution is 2.27. The number of rotatable bonds is 10. The molecule has 0 atom stereocenters. The second-order valence-electron chi connectivity index (χ2n) is 5.88. The highest BCUT2D eigenvalue weighted by Gasteiger charge is 2.13. The normalized spacial score (nSPS) is 16.5. The van der Waals surface area contributed by atoms with Gasteiger partial charge in [-0.15, -0.1) is 0 Å². The van der Waals surface area contributed by atoms with Crippen molar-refractivity contribution in [2.75, 3.05) is 13.2 Å². The number of aliphatic hydroxyl groups is 1. The van der Waals surface area contributed by atoms with E-state index in [1.807, 2.05) is 0 Å². The minimum atomic E-state index is 0.220. The van der Waals surface area contributed by atoms with Gasteiger partial charge in [0.05, 0.1) is 0 Å². The lowest BCUT2D eigenvalue weighted by molar-refractivity contribution is -0.121. The van der Waals surface area contributed by atoms with E-state index in [4.69, 9.17) is 5.11 Å². The van der Waals surface area contributed by atoms with Crippen LogP contribution in [0, 0.1) is 5.92 Å². The SMILES string of the molecule is O=C(CCCC1CCCCC1)NCCCCCCO. The van der Waals surface area contributed by atoms with Crippen LogP contribution in [0.3, 0.4) is 0 Å². The molecule has 0 unspecified atom stereocenters. The van der Waals surface area contributed by atoms with E-state index in [9.17, 15) is 4.79 Å². The van der Waals surface area contributed by atoms with E-state index in [0.29, 0.717) is 6.42 Å². The fraction of sp³-hybridized carbons (Fsp3) is 0.938. The quantitative estimate of drug-likeness (QED) is 0.597. The monoisotopic (exact) mass is 269 g/mol. The topological polar surface area (TPSA) is 49.3 Å². The van der Waals surface area contributed by atoms with Gasteiger partial charge in [0, 0.05) is 19.6 Å². The molecule has 0 spiro atoms. The fourth-order valence-corrected chi connectivity index (χ4v) is 2.93. The summed E-state index contributed by atoms with van der Waals surface area (Å²) in [5.41, 5.74) is 0. The Morgan fingerprint density at radius 1 is 1.00 bits per heavy atom. The van der Waals surface area contributed by atoms with Crippen LogP contribution in [0.1, 0.15) is 77.0 Å². The van der Waals surface area contributed by atoms with Gasteiger partial charge in [-0.1, -0.05) is 44.9 Å². The lowest BCUT2D eigenvalue weighted by Crippen LogP contribution is -2.24. The molecule has 0 aromatic carbocycles. The van der Waals surface area contributed by atoms with Gasteiger partial charge in [0.2, 0.25) is 5.91 Å². The van der Waals surface area contributed by atoms with Crippen molar-refractivity contribution in [1.82, 2.24) is 5.32 Å². The van der Waals surface area contributed by atoms with Gasteiger partial charge >= 0.3 is 0 Å². The lowest BCUT2D eigenvalue weighted by atomic mass is 9.86. The van der Waals surface area contributed by atoms with Gasteiger partial charge in [0.15, 0.2) is 0 Å². The highest BCUT2D eigenvalue weighted by atomic mass is 16.2. The lowest BCUT2D eigenvalue weighted by Gasteiger charge is -2.21. The molecule has 3 heteroatoms. The smallest absolute Gasteiger partial charge is 0.219 e. The van der Waals surface area contributed by atoms with Crippen LogP contribution in [0.2, 0.25) is 0 Å². The van der Waals surface area contributed by atoms with Crippen molar-refractivity contribution in [2.24, 2.45) is 5.92 Å². The van der Waals surface area contributed by atoms with Gasteiger partial charge in [-0.25, -0.2) is 0 Å². The number of hydrogen-bond donors (Lipinski definition) is 2. The maximum Gasteiger partial charge on any atom is 0.219 e. The number of amides is 1. The van der Waals surface area contributed by atoms with E-state index >= 15 is 0 Å². The van der Waals surface area contributed by atoms with E-state index in [2.05, 4.69) is 5.32 Å². The first kappa shape index (κ1) is 16.5. The molecule has 1 aliphatic rings. The Morgan fingerprint density at radius 2 is 1.74 bits per heavy atom. The summed E-state index contributed by atoms with van der Waals surface area (Å²) < 4.78 is 0. The molecule has 0 aliphatic heterocycles. The fourth-order valence-electron chi connectivity index (χ4n) is 2.93. The molecule has 0 bridgehead atoms. The van der Waals surface area contributed by atoms with Gasteiger partial charge in [-0.05, 0) is 31.6 Å². The summed E-state index contributed by atoms with van der Waals surface area (Å²) >= 11 is 0. The van der Waals surface area contributed by atoms with Gasteiger partial charge in [-0.2, -0.15) is 0 Å². The molecular weight excluding hydrogens is 238 g/mol. The molecular formula is C16H31NO2. The third-order valence-corrected chi connectivity index (χ3v) is 4.15. The predicted molar refractivity (Wildman–Crippen MR) is 79.0 cm³/mol. The second kappa shape index (κ2) is 11.3. The van der Waals surface area contributed by atoms with Gasteiger partial charge in [0.25, 0.3) is 0 Å². The number of hydrogen-bond acceptors (Lipinski definition) is 2. The number of carbonyl (C=O) groups is 1. The predicted octanol–water partition coefficient (Wildman–Crippen LogP) is 3.41. The van der Waals surface area contributed by atoms with Crippen molar-refractivity contribution in [3.63, 3.8) is 0 Å². The summed E-state index contributed by atoms with van der Waals surface area (Å²) in [6.07, 6.45) is 14.0. The van der Waals surface area contributed by atoms with Crippen LogP contribution in [0.5, 0.6) is 0 Å². The molecule has 112 valence electrons. The van der Waals surface area contributed by atoms with Crippen molar-refractivity contribution < 1.29 is 9.90 Å². The third kappa shape index (κ3) is 9.04. The average molecular weight is 269 g/mol. The maximum absolute atomic E-state index is 11.6. The third-order valence-electron chi connectivity index (χ3n) is 4.15. The van der Waals surface area contributed by atoms with E-state index in [0.717, 1.165) is 44.6 Å². The minimum Gasteiger partial charge on any atom is -0.396 e. The zero-order chi connectivity index (χ0) is 13.8. The Kier molecular flexibility index (Phi) is 9.78. The van der Waals surface area contributed by atoms with Crippen LogP contribution in [-0.2, 0) is 4.79 Å². The maximum atomic E-state index is 11.6. The number of unbranched alkanes of at least 4 members (excludes halogenated alkanes) is 3. The van der Waals surface area contributed by atoms with Crippen molar-refractivity contribution in [3.05, 3.63) is 0 Å². The van der Waals surface area contributed by atoms with Crippen molar-refractivity contribution in [1.29, 1.82) is 0 Å². The molecule has 1 rings (SSSR count). The summed E-state index contributed by atoms with van der Waals surface area (Å²) in [5, 5.41) is 11.6. The molecule has 3 nitrogen and oxygen atoms in total. The molecule has 1 fully saturated rings. The van der Waals surface area contributed by atoms with Crippen LogP contribution in [0.15, 0.2) is 0 Å². The molecule has 0 heterocycles. The van der Waals surface area contributed by atoms with Gasteiger partial charge < -0.3 is 10.4 Å². The van der Waals surface area contributed by atoms with E-state index in [-0.39, 0.29) is 12.5 Å². The molecule has 1 aliphatic carbocycles. The molecule has 0 saturated heterocycles. The van der Waals surface area contributed by atoms with Crippen molar-refractivity contribution in [2.45, 2.75) is 77.0 Å². The summed E-state index contributed by atoms with van der Waals surface area (Å²) in [7, 11) is 0. The molecule has 1 amide bonds. The molecule has 19 heavy (non-hydrogen) atoms. The Morgan fingerprint density at radius 3 is 2.47 bits per heavy atom. The van der Waals surface area contributed by atoms with Gasteiger partial charge in [0.1, 0.15) is 0 Å². The van der Waals surface area contributed by atoms with Crippen molar-refractivity contribution in [3.8, 4) is 0 Å². The molecule has 0 radical (unpaired) electrons. The van der Waals surface area contributed by atoms with Crippen LogP contribution in [0.25, 0.3) is 0 Å². The molecule has 0 aromatic rings. The zero-order valence-electron chi connectivity index (χ0n) is 12.3. The first-order chi connectivity index (χ1) is 9.33. The molecule has 1 saturated carbocycles. The minimum absolute atomic E-state index is 0.220. The first-order valence-corrected chi connectivity index (χ1v) is 8.20.